The smallest absolute Gasteiger partial charge is 0.454 e. The minimum absolute atomic E-state index is 0.0737. The summed E-state index contributed by atoms with van der Waals surface area (Å²) >= 11 is 1.61. The molecule has 1 amide bonds. The molecule has 6 nitrogen and oxygen atoms in total. The molecule has 1 N–H and O–H groups in total. The molecule has 2 aliphatic heterocycles. The second kappa shape index (κ2) is 12.6. The number of fused-ring (bicyclic) bond motifs is 1. The van der Waals surface area contributed by atoms with Crippen molar-refractivity contribution in [1.82, 2.24) is 10.2 Å². The third-order valence-corrected chi connectivity index (χ3v) is 7.69. The Balaban J connectivity index is 1.26. The molecular formula is C31H29F3N2O4S. The number of allylic oxidation sites excluding steroid dienone is 1. The lowest BCUT2D eigenvalue weighted by molar-refractivity contribution is -0.274. The van der Waals surface area contributed by atoms with Gasteiger partial charge in [0.05, 0.1) is 10.7 Å². The normalized spacial score (nSPS) is 16.0. The van der Waals surface area contributed by atoms with Gasteiger partial charge in [-0.1, -0.05) is 55.1 Å². The van der Waals surface area contributed by atoms with Gasteiger partial charge in [0.1, 0.15) is 5.75 Å². The molecule has 0 aromatic heterocycles. The Bertz CT molecular complexity index is 1430. The Morgan fingerprint density at radius 3 is 2.59 bits per heavy atom. The number of nitrogens with zero attached hydrogens (tertiary/aromatic N) is 1. The van der Waals surface area contributed by atoms with Gasteiger partial charge >= 0.3 is 6.36 Å². The largest absolute Gasteiger partial charge is 0.573 e. The van der Waals surface area contributed by atoms with E-state index in [1.165, 1.54) is 12.1 Å². The molecule has 3 aromatic carbocycles. The van der Waals surface area contributed by atoms with Crippen LogP contribution in [0.5, 0.6) is 17.2 Å². The molecule has 1 unspecified atom stereocenters. The lowest BCUT2D eigenvalue weighted by atomic mass is 9.98. The van der Waals surface area contributed by atoms with Crippen LogP contribution in [0.2, 0.25) is 0 Å². The Hall–Kier alpha value is -4.05. The maximum atomic E-state index is 12.5. The van der Waals surface area contributed by atoms with E-state index in [1.807, 2.05) is 43.3 Å². The van der Waals surface area contributed by atoms with Crippen molar-refractivity contribution in [1.29, 1.82) is 0 Å². The van der Waals surface area contributed by atoms with E-state index in [0.717, 1.165) is 21.9 Å². The Labute approximate surface area is 240 Å². The fourth-order valence-electron chi connectivity index (χ4n) is 4.57. The first-order chi connectivity index (χ1) is 19.8. The topological polar surface area (TPSA) is 60.0 Å². The number of hydrogen-bond donors (Lipinski definition) is 1. The average Bonchev–Trinajstić information content (AvgIpc) is 3.60. The molecule has 214 valence electrons. The third kappa shape index (κ3) is 7.38. The fraction of sp³-hybridized carbons (Fsp3) is 0.258. The van der Waals surface area contributed by atoms with Gasteiger partial charge in [0.2, 0.25) is 6.79 Å². The van der Waals surface area contributed by atoms with E-state index in [0.29, 0.717) is 43.0 Å². The number of rotatable bonds is 10. The highest BCUT2D eigenvalue weighted by atomic mass is 32.2. The zero-order valence-electron chi connectivity index (χ0n) is 22.3. The highest BCUT2D eigenvalue weighted by Gasteiger charge is 2.31. The van der Waals surface area contributed by atoms with Crippen molar-refractivity contribution in [3.63, 3.8) is 0 Å². The summed E-state index contributed by atoms with van der Waals surface area (Å²) in [4.78, 5) is 14.7. The van der Waals surface area contributed by atoms with Crippen LogP contribution in [0.1, 0.15) is 47.2 Å². The summed E-state index contributed by atoms with van der Waals surface area (Å²) in [5, 5.41) is 6.14. The number of benzene rings is 3. The van der Waals surface area contributed by atoms with Crippen molar-refractivity contribution in [2.24, 2.45) is 0 Å². The van der Waals surface area contributed by atoms with E-state index < -0.39 is 6.36 Å². The van der Waals surface area contributed by atoms with Gasteiger partial charge in [-0.15, -0.1) is 13.2 Å². The summed E-state index contributed by atoms with van der Waals surface area (Å²) in [7, 11) is 0. The zero-order chi connectivity index (χ0) is 28.8. The Kier molecular flexibility index (Phi) is 8.78. The minimum atomic E-state index is -4.71. The first kappa shape index (κ1) is 28.5. The third-order valence-electron chi connectivity index (χ3n) is 6.73. The minimum Gasteiger partial charge on any atom is -0.454 e. The standard InChI is InChI=1S/C31H29F3N2O4S/c1-21(22-9-12-25(13-10-22)40-31(32,33)34)8-15-29-36(17-5-16-35-30(37)23-6-3-2-4-7-23)26(19-41-29)24-11-14-27-28(18-24)39-20-38-27/h2-4,6-7,9-15,18-19,21H,5,8,16-17,20H2,1H3,(H,35,37)/b29-15+. The predicted molar refractivity (Wildman–Crippen MR) is 152 cm³/mol. The zero-order valence-corrected chi connectivity index (χ0v) is 23.1. The molecule has 0 saturated carbocycles. The van der Waals surface area contributed by atoms with Crippen molar-refractivity contribution in [3.05, 3.63) is 106 Å². The maximum Gasteiger partial charge on any atom is 0.573 e. The monoisotopic (exact) mass is 582 g/mol. The van der Waals surface area contributed by atoms with E-state index in [1.54, 1.807) is 36.0 Å². The number of nitrogens with one attached hydrogen (secondary N) is 1. The van der Waals surface area contributed by atoms with Crippen molar-refractivity contribution < 1.29 is 32.2 Å². The Morgan fingerprint density at radius 1 is 1.07 bits per heavy atom. The molecule has 2 aliphatic rings. The van der Waals surface area contributed by atoms with Crippen LogP contribution in [-0.2, 0) is 0 Å². The van der Waals surface area contributed by atoms with Gasteiger partial charge in [-0.25, -0.2) is 0 Å². The van der Waals surface area contributed by atoms with Gasteiger partial charge in [-0.3, -0.25) is 4.79 Å². The quantitative estimate of drug-likeness (QED) is 0.250. The first-order valence-electron chi connectivity index (χ1n) is 13.2. The summed E-state index contributed by atoms with van der Waals surface area (Å²) in [5.41, 5.74) is 3.55. The Morgan fingerprint density at radius 2 is 1.83 bits per heavy atom. The first-order valence-corrected chi connectivity index (χ1v) is 14.1. The van der Waals surface area contributed by atoms with Crippen LogP contribution in [0.25, 0.3) is 5.70 Å². The molecule has 3 aromatic rings. The van der Waals surface area contributed by atoms with Crippen LogP contribution in [0.4, 0.5) is 13.2 Å². The molecule has 41 heavy (non-hydrogen) atoms. The summed E-state index contributed by atoms with van der Waals surface area (Å²) in [6.07, 6.45) is -1.16. The summed E-state index contributed by atoms with van der Waals surface area (Å²) in [5.74, 6) is 1.15. The van der Waals surface area contributed by atoms with E-state index in [9.17, 15) is 18.0 Å². The molecule has 1 atom stereocenters. The van der Waals surface area contributed by atoms with Gasteiger partial charge in [-0.05, 0) is 66.8 Å². The molecule has 0 spiro atoms. The van der Waals surface area contributed by atoms with Gasteiger partial charge in [-0.2, -0.15) is 0 Å². The van der Waals surface area contributed by atoms with Crippen LogP contribution >= 0.6 is 11.8 Å². The van der Waals surface area contributed by atoms with Crippen LogP contribution in [0, 0.1) is 0 Å². The summed E-state index contributed by atoms with van der Waals surface area (Å²) in [6, 6.07) is 21.0. The number of ether oxygens (including phenoxy) is 3. The van der Waals surface area contributed by atoms with Crippen molar-refractivity contribution >= 4 is 23.4 Å². The molecule has 10 heteroatoms. The number of hydrogen-bond acceptors (Lipinski definition) is 6. The SMILES string of the molecule is CC(C/C=C1/SC=C(c2ccc3c(c2)OCO3)N1CCCNC(=O)c1ccccc1)c1ccc(OC(F)(F)F)cc1. The second-order valence-corrected chi connectivity index (χ2v) is 10.5. The summed E-state index contributed by atoms with van der Waals surface area (Å²) < 4.78 is 52.5. The van der Waals surface area contributed by atoms with E-state index in [-0.39, 0.29) is 24.4 Å². The van der Waals surface area contributed by atoms with Crippen molar-refractivity contribution in [2.45, 2.75) is 32.0 Å². The lowest BCUT2D eigenvalue weighted by Crippen LogP contribution is -2.27. The average molecular weight is 583 g/mol. The molecule has 0 aliphatic carbocycles. The highest BCUT2D eigenvalue weighted by molar-refractivity contribution is 8.06. The molecule has 0 saturated heterocycles. The molecule has 0 bridgehead atoms. The number of carbonyl (C=O) groups is 1. The molecule has 0 radical (unpaired) electrons. The van der Waals surface area contributed by atoms with Crippen molar-refractivity contribution in [2.75, 3.05) is 19.9 Å². The van der Waals surface area contributed by atoms with E-state index in [2.05, 4.69) is 26.4 Å². The fourth-order valence-corrected chi connectivity index (χ4v) is 5.58. The highest BCUT2D eigenvalue weighted by Crippen LogP contribution is 2.43. The maximum absolute atomic E-state index is 12.5. The van der Waals surface area contributed by atoms with Gasteiger partial charge in [0, 0.05) is 29.6 Å². The number of halogens is 3. The number of carbonyl (C=O) groups excluding carboxylic acids is 1. The molecule has 5 rings (SSSR count). The molecule has 0 fully saturated rings. The summed E-state index contributed by atoms with van der Waals surface area (Å²) in [6.45, 7) is 3.42. The number of alkyl halides is 3. The van der Waals surface area contributed by atoms with Gasteiger partial charge < -0.3 is 24.4 Å². The van der Waals surface area contributed by atoms with Gasteiger partial charge in [0.25, 0.3) is 5.91 Å². The predicted octanol–water partition coefficient (Wildman–Crippen LogP) is 7.52. The second-order valence-electron chi connectivity index (χ2n) is 9.61. The number of thioether (sulfide) groups is 1. The molecule has 2 heterocycles. The van der Waals surface area contributed by atoms with E-state index in [4.69, 9.17) is 9.47 Å². The van der Waals surface area contributed by atoms with Gasteiger partial charge in [0.15, 0.2) is 11.5 Å². The lowest BCUT2D eigenvalue weighted by Gasteiger charge is -2.24. The van der Waals surface area contributed by atoms with Crippen LogP contribution in [0.15, 0.2) is 89.3 Å². The van der Waals surface area contributed by atoms with E-state index >= 15 is 0 Å². The van der Waals surface area contributed by atoms with Crippen LogP contribution < -0.4 is 19.5 Å². The molecular weight excluding hydrogens is 553 g/mol. The van der Waals surface area contributed by atoms with Crippen LogP contribution in [-0.4, -0.2) is 37.1 Å². The van der Waals surface area contributed by atoms with Crippen LogP contribution in [0.3, 0.4) is 0 Å². The number of amides is 1. The van der Waals surface area contributed by atoms with Crippen molar-refractivity contribution in [3.8, 4) is 17.2 Å².